The Hall–Kier alpha value is -2.34. The van der Waals surface area contributed by atoms with Crippen LogP contribution in [0.2, 0.25) is 0 Å². The van der Waals surface area contributed by atoms with Gasteiger partial charge in [0.2, 0.25) is 0 Å². The maximum atomic E-state index is 9.42. The number of nitrogens with two attached hydrogens (primary N) is 1. The molecule has 3 rings (SSSR count). The lowest BCUT2D eigenvalue weighted by molar-refractivity contribution is 0.423. The lowest BCUT2D eigenvalue weighted by Crippen LogP contribution is -1.92. The van der Waals surface area contributed by atoms with E-state index >= 15 is 0 Å². The molecule has 0 aliphatic heterocycles. The average Bonchev–Trinajstić information content (AvgIpc) is 2.93. The molecule has 1 aromatic heterocycles. The van der Waals surface area contributed by atoms with Gasteiger partial charge in [0.1, 0.15) is 5.75 Å². The molecular formula is C15H12BrN3O2. The first-order chi connectivity index (χ1) is 10.1. The fourth-order valence-corrected chi connectivity index (χ4v) is 2.37. The second-order valence-electron chi connectivity index (χ2n) is 4.56. The third-order valence-corrected chi connectivity index (χ3v) is 3.82. The van der Waals surface area contributed by atoms with E-state index in [2.05, 4.69) is 26.1 Å². The molecule has 0 bridgehead atoms. The highest BCUT2D eigenvalue weighted by Crippen LogP contribution is 2.27. The molecule has 6 heteroatoms. The Labute approximate surface area is 129 Å². The van der Waals surface area contributed by atoms with Crippen LogP contribution in [0.5, 0.6) is 5.75 Å². The number of benzene rings is 2. The van der Waals surface area contributed by atoms with Crippen molar-refractivity contribution in [3.63, 3.8) is 0 Å². The molecule has 0 fully saturated rings. The third kappa shape index (κ3) is 2.90. The van der Waals surface area contributed by atoms with Gasteiger partial charge < -0.3 is 15.4 Å². The van der Waals surface area contributed by atoms with E-state index in [1.165, 1.54) is 6.07 Å². The maximum Gasteiger partial charge on any atom is 0.258 e. The quantitative estimate of drug-likeness (QED) is 0.561. The number of hydrogen-bond donors (Lipinski definition) is 2. The van der Waals surface area contributed by atoms with Gasteiger partial charge in [-0.3, -0.25) is 0 Å². The van der Waals surface area contributed by atoms with Crippen molar-refractivity contribution in [2.45, 2.75) is 6.42 Å². The summed E-state index contributed by atoms with van der Waals surface area (Å²) >= 11 is 3.49. The molecule has 0 saturated heterocycles. The zero-order valence-electron chi connectivity index (χ0n) is 11.0. The summed E-state index contributed by atoms with van der Waals surface area (Å²) in [6.45, 7) is 0. The highest BCUT2D eigenvalue weighted by molar-refractivity contribution is 9.10. The molecule has 1 heterocycles. The second-order valence-corrected chi connectivity index (χ2v) is 5.41. The highest BCUT2D eigenvalue weighted by Gasteiger charge is 2.11. The van der Waals surface area contributed by atoms with Gasteiger partial charge in [-0.05, 0) is 29.8 Å². The molecule has 0 radical (unpaired) electrons. The summed E-state index contributed by atoms with van der Waals surface area (Å²) in [6.07, 6.45) is 0.568. The zero-order chi connectivity index (χ0) is 14.8. The van der Waals surface area contributed by atoms with Crippen molar-refractivity contribution in [2.75, 3.05) is 5.73 Å². The van der Waals surface area contributed by atoms with E-state index in [-0.39, 0.29) is 11.4 Å². The largest absolute Gasteiger partial charge is 0.506 e. The predicted molar refractivity (Wildman–Crippen MR) is 82.8 cm³/mol. The van der Waals surface area contributed by atoms with Crippen LogP contribution >= 0.6 is 15.9 Å². The Balaban J connectivity index is 1.86. The first kappa shape index (κ1) is 13.6. The first-order valence-electron chi connectivity index (χ1n) is 6.28. The van der Waals surface area contributed by atoms with Gasteiger partial charge in [-0.15, -0.1) is 0 Å². The van der Waals surface area contributed by atoms with Crippen molar-refractivity contribution in [2.24, 2.45) is 0 Å². The Kier molecular flexibility index (Phi) is 3.62. The molecule has 0 aliphatic carbocycles. The van der Waals surface area contributed by atoms with Gasteiger partial charge in [-0.2, -0.15) is 4.98 Å². The van der Waals surface area contributed by atoms with Crippen molar-refractivity contribution in [1.82, 2.24) is 10.1 Å². The second kappa shape index (κ2) is 5.57. The molecule has 0 atom stereocenters. The van der Waals surface area contributed by atoms with E-state index in [9.17, 15) is 5.11 Å². The van der Waals surface area contributed by atoms with E-state index in [0.29, 0.717) is 23.7 Å². The number of rotatable bonds is 3. The lowest BCUT2D eigenvalue weighted by atomic mass is 10.1. The van der Waals surface area contributed by atoms with Crippen molar-refractivity contribution < 1.29 is 9.63 Å². The Morgan fingerprint density at radius 2 is 2.00 bits per heavy atom. The van der Waals surface area contributed by atoms with Gasteiger partial charge in [0.25, 0.3) is 5.89 Å². The highest BCUT2D eigenvalue weighted by atomic mass is 79.9. The minimum absolute atomic E-state index is 0.0340. The molecule has 2 aromatic carbocycles. The summed E-state index contributed by atoms with van der Waals surface area (Å²) < 4.78 is 6.25. The van der Waals surface area contributed by atoms with Crippen LogP contribution in [-0.4, -0.2) is 15.2 Å². The molecule has 0 unspecified atom stereocenters. The molecule has 3 N–H and O–H groups in total. The molecule has 0 amide bonds. The fraction of sp³-hybridized carbons (Fsp3) is 0.0667. The van der Waals surface area contributed by atoms with Crippen LogP contribution in [0.4, 0.5) is 5.69 Å². The van der Waals surface area contributed by atoms with Gasteiger partial charge in [-0.25, -0.2) is 0 Å². The summed E-state index contributed by atoms with van der Waals surface area (Å²) in [5.74, 6) is 0.999. The summed E-state index contributed by atoms with van der Waals surface area (Å²) in [7, 11) is 0. The smallest absolute Gasteiger partial charge is 0.258 e. The minimum atomic E-state index is 0.0340. The van der Waals surface area contributed by atoms with Gasteiger partial charge in [0.05, 0.1) is 5.69 Å². The Bertz CT molecular complexity index is 786. The van der Waals surface area contributed by atoms with E-state index in [4.69, 9.17) is 10.3 Å². The van der Waals surface area contributed by atoms with E-state index in [1.807, 2.05) is 24.3 Å². The van der Waals surface area contributed by atoms with Gasteiger partial charge in [0, 0.05) is 16.5 Å². The van der Waals surface area contributed by atoms with E-state index in [0.717, 1.165) is 10.0 Å². The molecule has 0 spiro atoms. The number of phenols is 1. The van der Waals surface area contributed by atoms with Gasteiger partial charge in [-0.1, -0.05) is 39.3 Å². The topological polar surface area (TPSA) is 85.2 Å². The fourth-order valence-electron chi connectivity index (χ4n) is 1.94. The number of nitrogen functional groups attached to an aromatic ring is 1. The van der Waals surface area contributed by atoms with Crippen LogP contribution in [0.1, 0.15) is 11.4 Å². The number of anilines is 1. The molecular weight excluding hydrogens is 334 g/mol. The van der Waals surface area contributed by atoms with E-state index in [1.54, 1.807) is 12.1 Å². The third-order valence-electron chi connectivity index (χ3n) is 3.05. The normalized spacial score (nSPS) is 10.7. The summed E-state index contributed by atoms with van der Waals surface area (Å²) in [5, 5.41) is 13.4. The molecule has 0 saturated carbocycles. The number of hydrogen-bond acceptors (Lipinski definition) is 5. The molecule has 5 nitrogen and oxygen atoms in total. The number of phenolic OH excluding ortho intramolecular Hbond substituents is 1. The Morgan fingerprint density at radius 1 is 1.19 bits per heavy atom. The van der Waals surface area contributed by atoms with Gasteiger partial charge in [0.15, 0.2) is 5.82 Å². The van der Waals surface area contributed by atoms with Crippen LogP contribution in [0.3, 0.4) is 0 Å². The summed E-state index contributed by atoms with van der Waals surface area (Å²) in [6, 6.07) is 12.7. The van der Waals surface area contributed by atoms with Gasteiger partial charge >= 0.3 is 0 Å². The van der Waals surface area contributed by atoms with Crippen molar-refractivity contribution >= 4 is 21.6 Å². The van der Waals surface area contributed by atoms with Crippen LogP contribution in [0, 0.1) is 0 Å². The monoisotopic (exact) mass is 345 g/mol. The lowest BCUT2D eigenvalue weighted by Gasteiger charge is -2.00. The zero-order valence-corrected chi connectivity index (χ0v) is 12.5. The standard InChI is InChI=1S/C15H12BrN3O2/c16-11-4-2-1-3-9(11)8-14-18-15(21-19-14)10-5-6-13(20)12(17)7-10/h1-7,20H,8,17H2. The van der Waals surface area contributed by atoms with Crippen molar-refractivity contribution in [3.8, 4) is 17.2 Å². The molecule has 0 aliphatic rings. The minimum Gasteiger partial charge on any atom is -0.506 e. The Morgan fingerprint density at radius 3 is 2.76 bits per heavy atom. The molecule has 3 aromatic rings. The number of aromatic nitrogens is 2. The summed E-state index contributed by atoms with van der Waals surface area (Å²) in [5.41, 5.74) is 7.69. The molecule has 21 heavy (non-hydrogen) atoms. The molecule has 106 valence electrons. The average molecular weight is 346 g/mol. The number of halogens is 1. The first-order valence-corrected chi connectivity index (χ1v) is 7.07. The van der Waals surface area contributed by atoms with Crippen LogP contribution < -0.4 is 5.73 Å². The maximum absolute atomic E-state index is 9.42. The van der Waals surface area contributed by atoms with Crippen molar-refractivity contribution in [1.29, 1.82) is 0 Å². The van der Waals surface area contributed by atoms with Crippen molar-refractivity contribution in [3.05, 3.63) is 58.3 Å². The van der Waals surface area contributed by atoms with Crippen LogP contribution in [0.15, 0.2) is 51.5 Å². The summed E-state index contributed by atoms with van der Waals surface area (Å²) in [4.78, 5) is 4.35. The SMILES string of the molecule is Nc1cc(-c2nc(Cc3ccccc3Br)no2)ccc1O. The number of nitrogens with zero attached hydrogens (tertiary/aromatic N) is 2. The van der Waals surface area contributed by atoms with Crippen LogP contribution in [-0.2, 0) is 6.42 Å². The van der Waals surface area contributed by atoms with Crippen LogP contribution in [0.25, 0.3) is 11.5 Å². The predicted octanol–water partition coefficient (Wildman–Crippen LogP) is 3.38. The number of aromatic hydroxyl groups is 1. The van der Waals surface area contributed by atoms with E-state index < -0.39 is 0 Å².